The van der Waals surface area contributed by atoms with Crippen LogP contribution >= 0.6 is 27.5 Å². The van der Waals surface area contributed by atoms with Gasteiger partial charge in [0, 0.05) is 0 Å². The summed E-state index contributed by atoms with van der Waals surface area (Å²) in [5.74, 6) is -0.172. The third kappa shape index (κ3) is 3.02. The van der Waals surface area contributed by atoms with Crippen LogP contribution in [0.3, 0.4) is 0 Å². The highest BCUT2D eigenvalue weighted by atomic mass is 79.9. The number of aromatic nitrogens is 1. The third-order valence-electron chi connectivity index (χ3n) is 2.53. The van der Waals surface area contributed by atoms with Gasteiger partial charge in [-0.1, -0.05) is 17.7 Å². The van der Waals surface area contributed by atoms with Gasteiger partial charge in [-0.3, -0.25) is 0 Å². The first-order valence-electron chi connectivity index (χ1n) is 5.59. The Kier molecular flexibility index (Phi) is 4.46. The van der Waals surface area contributed by atoms with Gasteiger partial charge in [0.15, 0.2) is 11.5 Å². The van der Waals surface area contributed by atoms with E-state index in [0.717, 1.165) is 0 Å². The van der Waals surface area contributed by atoms with Gasteiger partial charge in [0.25, 0.3) is 0 Å². The van der Waals surface area contributed by atoms with Crippen LogP contribution < -0.4 is 11.1 Å². The number of nitrogen functional groups attached to an aromatic ring is 1. The quantitative estimate of drug-likeness (QED) is 0.822. The molecule has 1 aromatic carbocycles. The Hall–Kier alpha value is -1.79. The second-order valence-electron chi connectivity index (χ2n) is 3.85. The van der Waals surface area contributed by atoms with Gasteiger partial charge >= 0.3 is 5.97 Å². The summed E-state index contributed by atoms with van der Waals surface area (Å²) in [5, 5.41) is 3.58. The lowest BCUT2D eigenvalue weighted by atomic mass is 10.3. The largest absolute Gasteiger partial charge is 0.464 e. The van der Waals surface area contributed by atoms with Crippen molar-refractivity contribution in [1.82, 2.24) is 4.98 Å². The maximum atomic E-state index is 11.5. The smallest absolute Gasteiger partial charge is 0.356 e. The van der Waals surface area contributed by atoms with E-state index in [0.29, 0.717) is 26.7 Å². The molecule has 3 N–H and O–H groups in total. The molecule has 1 aromatic heterocycles. The Bertz CT molecular complexity index is 664. The van der Waals surface area contributed by atoms with Crippen molar-refractivity contribution in [2.24, 2.45) is 0 Å². The summed E-state index contributed by atoms with van der Waals surface area (Å²) in [5.41, 5.74) is 7.11. The van der Waals surface area contributed by atoms with Crippen LogP contribution in [-0.2, 0) is 4.74 Å². The van der Waals surface area contributed by atoms with E-state index in [-0.39, 0.29) is 5.69 Å². The third-order valence-corrected chi connectivity index (χ3v) is 3.92. The lowest BCUT2D eigenvalue weighted by molar-refractivity contribution is 0.0594. The molecule has 7 heteroatoms. The van der Waals surface area contributed by atoms with E-state index < -0.39 is 5.97 Å². The van der Waals surface area contributed by atoms with Crippen LogP contribution in [0.15, 0.2) is 34.8 Å². The maximum absolute atomic E-state index is 11.5. The molecule has 0 atom stereocenters. The van der Waals surface area contributed by atoms with Crippen LogP contribution in [-0.4, -0.2) is 18.1 Å². The van der Waals surface area contributed by atoms with Gasteiger partial charge in [-0.05, 0) is 40.2 Å². The average Bonchev–Trinajstić information content (AvgIpc) is 2.45. The molecule has 0 unspecified atom stereocenters. The molecule has 104 valence electrons. The van der Waals surface area contributed by atoms with Crippen LogP contribution in [0.5, 0.6) is 0 Å². The van der Waals surface area contributed by atoms with Crippen LogP contribution in [0.4, 0.5) is 17.2 Å². The Labute approximate surface area is 129 Å². The summed E-state index contributed by atoms with van der Waals surface area (Å²) < 4.78 is 5.31. The fourth-order valence-electron chi connectivity index (χ4n) is 1.52. The molecule has 20 heavy (non-hydrogen) atoms. The number of benzene rings is 1. The van der Waals surface area contributed by atoms with E-state index in [4.69, 9.17) is 17.3 Å². The van der Waals surface area contributed by atoms with Gasteiger partial charge < -0.3 is 15.8 Å². The molecule has 0 aliphatic heterocycles. The van der Waals surface area contributed by atoms with Gasteiger partial charge in [-0.15, -0.1) is 0 Å². The Morgan fingerprint density at radius 3 is 2.85 bits per heavy atom. The second-order valence-corrected chi connectivity index (χ2v) is 5.05. The van der Waals surface area contributed by atoms with E-state index in [9.17, 15) is 4.79 Å². The van der Waals surface area contributed by atoms with Crippen LogP contribution in [0, 0.1) is 0 Å². The number of pyridine rings is 1. The SMILES string of the molecule is COC(=O)c1ccc(N)c(Nc2cccc(Cl)c2Br)n1. The van der Waals surface area contributed by atoms with E-state index in [2.05, 4.69) is 31.0 Å². The van der Waals surface area contributed by atoms with Crippen molar-refractivity contribution >= 4 is 50.7 Å². The van der Waals surface area contributed by atoms with Crippen LogP contribution in [0.25, 0.3) is 0 Å². The van der Waals surface area contributed by atoms with Gasteiger partial charge in [0.1, 0.15) is 0 Å². The monoisotopic (exact) mass is 355 g/mol. The molecule has 2 aromatic rings. The number of carbonyl (C=O) groups excluding carboxylic acids is 1. The molecule has 0 saturated carbocycles. The minimum atomic E-state index is -0.529. The zero-order chi connectivity index (χ0) is 14.7. The summed E-state index contributed by atoms with van der Waals surface area (Å²) in [6.45, 7) is 0. The minimum Gasteiger partial charge on any atom is -0.464 e. The first-order valence-corrected chi connectivity index (χ1v) is 6.76. The number of nitrogens with zero attached hydrogens (tertiary/aromatic N) is 1. The Morgan fingerprint density at radius 2 is 2.15 bits per heavy atom. The molecule has 5 nitrogen and oxygen atoms in total. The maximum Gasteiger partial charge on any atom is 0.356 e. The van der Waals surface area contributed by atoms with Gasteiger partial charge in [0.05, 0.1) is 28.0 Å². The van der Waals surface area contributed by atoms with Crippen LogP contribution in [0.2, 0.25) is 5.02 Å². The molecule has 0 spiro atoms. The fourth-order valence-corrected chi connectivity index (χ4v) is 2.05. The first kappa shape index (κ1) is 14.6. The van der Waals surface area contributed by atoms with Crippen molar-refractivity contribution < 1.29 is 9.53 Å². The number of hydrogen-bond acceptors (Lipinski definition) is 5. The minimum absolute atomic E-state index is 0.169. The van der Waals surface area contributed by atoms with Crippen molar-refractivity contribution in [3.05, 3.63) is 45.5 Å². The zero-order valence-corrected chi connectivity index (χ0v) is 12.8. The molecular formula is C13H11BrClN3O2. The van der Waals surface area contributed by atoms with Crippen molar-refractivity contribution in [3.63, 3.8) is 0 Å². The standard InChI is InChI=1S/C13H11BrClN3O2/c1-20-13(19)10-6-5-8(16)12(18-10)17-9-4-2-3-7(15)11(9)14/h2-6H,16H2,1H3,(H,17,18). The molecule has 0 aliphatic rings. The van der Waals surface area contributed by atoms with Crippen molar-refractivity contribution in [1.29, 1.82) is 0 Å². The number of rotatable bonds is 3. The zero-order valence-electron chi connectivity index (χ0n) is 10.5. The molecule has 1 heterocycles. The predicted molar refractivity (Wildman–Crippen MR) is 82.4 cm³/mol. The van der Waals surface area contributed by atoms with Crippen molar-refractivity contribution in [2.45, 2.75) is 0 Å². The summed E-state index contributed by atoms with van der Waals surface area (Å²) in [6.07, 6.45) is 0. The second kappa shape index (κ2) is 6.11. The van der Waals surface area contributed by atoms with Crippen LogP contribution in [0.1, 0.15) is 10.5 Å². The molecule has 0 amide bonds. The average molecular weight is 357 g/mol. The molecular weight excluding hydrogens is 346 g/mol. The summed E-state index contributed by atoms with van der Waals surface area (Å²) >= 11 is 9.38. The number of esters is 1. The lowest BCUT2D eigenvalue weighted by Crippen LogP contribution is -2.08. The number of hydrogen-bond donors (Lipinski definition) is 2. The number of ether oxygens (including phenoxy) is 1. The highest BCUT2D eigenvalue weighted by molar-refractivity contribution is 9.10. The first-order chi connectivity index (χ1) is 9.52. The van der Waals surface area contributed by atoms with Crippen molar-refractivity contribution in [3.8, 4) is 0 Å². The molecule has 0 saturated heterocycles. The molecule has 0 fully saturated rings. The Balaban J connectivity index is 2.38. The van der Waals surface area contributed by atoms with E-state index >= 15 is 0 Å². The van der Waals surface area contributed by atoms with Crippen molar-refractivity contribution in [2.75, 3.05) is 18.2 Å². The predicted octanol–water partition coefficient (Wildman–Crippen LogP) is 3.61. The van der Waals surface area contributed by atoms with Gasteiger partial charge in [-0.2, -0.15) is 0 Å². The number of anilines is 3. The number of carbonyl (C=O) groups is 1. The van der Waals surface area contributed by atoms with E-state index in [1.165, 1.54) is 13.2 Å². The number of halogens is 2. The molecule has 0 aliphatic carbocycles. The normalized spacial score (nSPS) is 10.2. The van der Waals surface area contributed by atoms with Gasteiger partial charge in [0.2, 0.25) is 0 Å². The molecule has 0 bridgehead atoms. The molecule has 0 radical (unpaired) electrons. The van der Waals surface area contributed by atoms with E-state index in [1.54, 1.807) is 18.2 Å². The number of methoxy groups -OCH3 is 1. The Morgan fingerprint density at radius 1 is 1.40 bits per heavy atom. The summed E-state index contributed by atoms with van der Waals surface area (Å²) in [4.78, 5) is 15.6. The number of nitrogens with two attached hydrogens (primary N) is 1. The molecule has 2 rings (SSSR count). The fraction of sp³-hybridized carbons (Fsp3) is 0.0769. The lowest BCUT2D eigenvalue weighted by Gasteiger charge is -2.11. The highest BCUT2D eigenvalue weighted by Crippen LogP contribution is 2.32. The summed E-state index contributed by atoms with van der Waals surface area (Å²) in [7, 11) is 1.29. The van der Waals surface area contributed by atoms with E-state index in [1.807, 2.05) is 6.07 Å². The topological polar surface area (TPSA) is 77.2 Å². The highest BCUT2D eigenvalue weighted by Gasteiger charge is 2.12. The number of nitrogens with one attached hydrogen (secondary N) is 1. The van der Waals surface area contributed by atoms with Gasteiger partial charge in [-0.25, -0.2) is 9.78 Å². The summed E-state index contributed by atoms with van der Waals surface area (Å²) in [6, 6.07) is 8.43.